The van der Waals surface area contributed by atoms with E-state index in [1.807, 2.05) is 0 Å². The SMILES string of the molecule is CN(CC(=O)N[C@H](C(=O)N(C)CC(=O)N[C@H](C=O)Cc1ccc(O)cc1)[C@@H](Cc1ccccc1)C(=O)O)C(=O)OC(C)(C)C. The van der Waals surface area contributed by atoms with Crippen LogP contribution in [0.1, 0.15) is 31.9 Å². The van der Waals surface area contributed by atoms with Crippen LogP contribution < -0.4 is 10.6 Å². The quantitative estimate of drug-likeness (QED) is 0.229. The highest BCUT2D eigenvalue weighted by molar-refractivity contribution is 5.94. The lowest BCUT2D eigenvalue weighted by atomic mass is 9.91. The molecule has 44 heavy (non-hydrogen) atoms. The van der Waals surface area contributed by atoms with Gasteiger partial charge in [-0.1, -0.05) is 42.5 Å². The predicted molar refractivity (Wildman–Crippen MR) is 160 cm³/mol. The fraction of sp³-hybridized carbons (Fsp3) is 0.419. The summed E-state index contributed by atoms with van der Waals surface area (Å²) in [6, 6.07) is 12.1. The number of amides is 4. The molecule has 13 nitrogen and oxygen atoms in total. The largest absolute Gasteiger partial charge is 0.508 e. The molecule has 2 rings (SSSR count). The summed E-state index contributed by atoms with van der Waals surface area (Å²) in [4.78, 5) is 77.7. The van der Waals surface area contributed by atoms with Crippen molar-refractivity contribution in [3.05, 3.63) is 65.7 Å². The molecule has 0 bridgehead atoms. The molecule has 0 aliphatic heterocycles. The number of aliphatic carboxylic acids is 1. The topological polar surface area (TPSA) is 183 Å². The Balaban J connectivity index is 2.21. The maximum Gasteiger partial charge on any atom is 0.410 e. The highest BCUT2D eigenvalue weighted by Crippen LogP contribution is 2.16. The summed E-state index contributed by atoms with van der Waals surface area (Å²) in [5, 5.41) is 24.5. The molecule has 13 heteroatoms. The number of carboxylic acids is 1. The van der Waals surface area contributed by atoms with Crippen molar-refractivity contribution in [2.45, 2.75) is 51.3 Å². The summed E-state index contributed by atoms with van der Waals surface area (Å²) in [6.07, 6.45) is -0.235. The standard InChI is InChI=1S/C31H40N4O9/c1-31(2,3)44-30(43)35(5)18-26(39)33-27(24(29(41)42)16-20-9-7-6-8-10-20)28(40)34(4)17-25(38)32-22(19-36)15-21-11-13-23(37)14-12-21/h6-14,19,22,24,27,37H,15-18H2,1-5H3,(H,32,38)(H,33,39)(H,41,42)/t22-,24+,27-/m0/s1. The third-order valence-electron chi connectivity index (χ3n) is 6.35. The van der Waals surface area contributed by atoms with E-state index < -0.39 is 66.5 Å². The molecular weight excluding hydrogens is 572 g/mol. The second kappa shape index (κ2) is 16.1. The fourth-order valence-electron chi connectivity index (χ4n) is 4.19. The van der Waals surface area contributed by atoms with Gasteiger partial charge < -0.3 is 40.2 Å². The van der Waals surface area contributed by atoms with Gasteiger partial charge in [0.05, 0.1) is 18.5 Å². The number of carboxylic acid groups (broad SMARTS) is 1. The van der Waals surface area contributed by atoms with E-state index in [4.69, 9.17) is 4.74 Å². The number of aldehydes is 1. The molecular formula is C31H40N4O9. The number of carbonyl (C=O) groups is 6. The number of ether oxygens (including phenoxy) is 1. The van der Waals surface area contributed by atoms with Crippen LogP contribution >= 0.6 is 0 Å². The number of nitrogens with one attached hydrogen (secondary N) is 2. The summed E-state index contributed by atoms with van der Waals surface area (Å²) in [5.41, 5.74) is 0.455. The summed E-state index contributed by atoms with van der Waals surface area (Å²) < 4.78 is 5.24. The van der Waals surface area contributed by atoms with E-state index in [9.17, 15) is 39.0 Å². The normalized spacial score (nSPS) is 13.0. The Morgan fingerprint density at radius 2 is 1.39 bits per heavy atom. The first-order chi connectivity index (χ1) is 20.6. The van der Waals surface area contributed by atoms with E-state index >= 15 is 0 Å². The molecule has 0 saturated carbocycles. The van der Waals surface area contributed by atoms with Gasteiger partial charge in [-0.15, -0.1) is 0 Å². The second-order valence-corrected chi connectivity index (χ2v) is 11.4. The van der Waals surface area contributed by atoms with Crippen molar-refractivity contribution in [2.24, 2.45) is 5.92 Å². The lowest BCUT2D eigenvalue weighted by Gasteiger charge is -2.30. The summed E-state index contributed by atoms with van der Waals surface area (Å²) in [7, 11) is 2.59. The van der Waals surface area contributed by atoms with Crippen LogP contribution in [0.15, 0.2) is 54.6 Å². The molecule has 0 heterocycles. The number of hydrogen-bond acceptors (Lipinski definition) is 8. The second-order valence-electron chi connectivity index (χ2n) is 11.4. The Hall–Kier alpha value is -4.94. The third kappa shape index (κ3) is 11.7. The van der Waals surface area contributed by atoms with Gasteiger partial charge in [-0.05, 0) is 56.9 Å². The predicted octanol–water partition coefficient (Wildman–Crippen LogP) is 1.37. The van der Waals surface area contributed by atoms with Gasteiger partial charge in [0, 0.05) is 14.1 Å². The Kier molecular flexibility index (Phi) is 12.9. The summed E-state index contributed by atoms with van der Waals surface area (Å²) in [5.74, 6) is -5.11. The molecule has 0 saturated heterocycles. The average molecular weight is 613 g/mol. The first kappa shape index (κ1) is 35.3. The van der Waals surface area contributed by atoms with E-state index in [0.717, 1.165) is 9.80 Å². The van der Waals surface area contributed by atoms with Gasteiger partial charge in [0.15, 0.2) is 0 Å². The molecule has 3 atom stereocenters. The zero-order valence-electron chi connectivity index (χ0n) is 25.5. The van der Waals surface area contributed by atoms with Gasteiger partial charge in [0.2, 0.25) is 17.7 Å². The Morgan fingerprint density at radius 3 is 1.93 bits per heavy atom. The van der Waals surface area contributed by atoms with E-state index in [0.29, 0.717) is 17.4 Å². The summed E-state index contributed by atoms with van der Waals surface area (Å²) >= 11 is 0. The number of hydrogen-bond donors (Lipinski definition) is 4. The van der Waals surface area contributed by atoms with Gasteiger partial charge in [-0.25, -0.2) is 4.79 Å². The number of aromatic hydroxyl groups is 1. The Labute approximate surface area is 256 Å². The van der Waals surface area contributed by atoms with Crippen molar-refractivity contribution in [1.82, 2.24) is 20.4 Å². The van der Waals surface area contributed by atoms with Crippen LogP contribution in [0.2, 0.25) is 0 Å². The van der Waals surface area contributed by atoms with E-state index in [2.05, 4.69) is 10.6 Å². The van der Waals surface area contributed by atoms with Crippen molar-refractivity contribution in [1.29, 1.82) is 0 Å². The minimum Gasteiger partial charge on any atom is -0.508 e. The molecule has 0 aromatic heterocycles. The highest BCUT2D eigenvalue weighted by atomic mass is 16.6. The number of carbonyl (C=O) groups excluding carboxylic acids is 5. The number of likely N-dealkylation sites (N-methyl/N-ethyl adjacent to an activating group) is 2. The van der Waals surface area contributed by atoms with Crippen molar-refractivity contribution < 1.29 is 43.7 Å². The molecule has 0 aliphatic carbocycles. The van der Waals surface area contributed by atoms with E-state index in [1.165, 1.54) is 26.2 Å². The Morgan fingerprint density at radius 1 is 0.841 bits per heavy atom. The summed E-state index contributed by atoms with van der Waals surface area (Å²) in [6.45, 7) is 3.90. The van der Waals surface area contributed by atoms with Crippen molar-refractivity contribution in [2.75, 3.05) is 27.2 Å². The molecule has 0 radical (unpaired) electrons. The lowest BCUT2D eigenvalue weighted by molar-refractivity contribution is -0.149. The third-order valence-corrected chi connectivity index (χ3v) is 6.35. The molecule has 0 spiro atoms. The van der Waals surface area contributed by atoms with Crippen LogP contribution in [0.4, 0.5) is 4.79 Å². The van der Waals surface area contributed by atoms with Crippen LogP contribution in [-0.2, 0) is 41.6 Å². The molecule has 2 aromatic rings. The average Bonchev–Trinajstić information content (AvgIpc) is 2.94. The number of nitrogens with zero attached hydrogens (tertiary/aromatic N) is 2. The molecule has 2 aromatic carbocycles. The van der Waals surface area contributed by atoms with Gasteiger partial charge >= 0.3 is 12.1 Å². The lowest BCUT2D eigenvalue weighted by Crippen LogP contribution is -2.57. The van der Waals surface area contributed by atoms with Crippen LogP contribution in [0.3, 0.4) is 0 Å². The number of rotatable bonds is 14. The maximum atomic E-state index is 13.6. The number of phenols is 1. The van der Waals surface area contributed by atoms with Crippen LogP contribution in [0.5, 0.6) is 5.75 Å². The first-order valence-corrected chi connectivity index (χ1v) is 13.9. The van der Waals surface area contributed by atoms with Crippen LogP contribution in [0, 0.1) is 5.92 Å². The van der Waals surface area contributed by atoms with Crippen LogP contribution in [-0.4, -0.2) is 101 Å². The van der Waals surface area contributed by atoms with E-state index in [-0.39, 0.29) is 18.6 Å². The zero-order chi connectivity index (χ0) is 33.0. The monoisotopic (exact) mass is 612 g/mol. The van der Waals surface area contributed by atoms with Crippen molar-refractivity contribution in [3.8, 4) is 5.75 Å². The Bertz CT molecular complexity index is 1310. The first-order valence-electron chi connectivity index (χ1n) is 13.9. The minimum absolute atomic E-state index is 0.0469. The minimum atomic E-state index is -1.61. The van der Waals surface area contributed by atoms with Gasteiger partial charge in [0.25, 0.3) is 0 Å². The van der Waals surface area contributed by atoms with Gasteiger partial charge in [-0.2, -0.15) is 0 Å². The maximum absolute atomic E-state index is 13.6. The fourth-order valence-corrected chi connectivity index (χ4v) is 4.19. The van der Waals surface area contributed by atoms with Gasteiger partial charge in [-0.3, -0.25) is 19.2 Å². The number of benzene rings is 2. The molecule has 0 unspecified atom stereocenters. The van der Waals surface area contributed by atoms with Crippen LogP contribution in [0.25, 0.3) is 0 Å². The number of phenolic OH excluding ortho intramolecular Hbond substituents is 1. The zero-order valence-corrected chi connectivity index (χ0v) is 25.5. The molecule has 0 fully saturated rings. The van der Waals surface area contributed by atoms with Crippen molar-refractivity contribution in [3.63, 3.8) is 0 Å². The van der Waals surface area contributed by atoms with E-state index in [1.54, 1.807) is 63.2 Å². The van der Waals surface area contributed by atoms with Crippen molar-refractivity contribution >= 4 is 36.1 Å². The molecule has 4 amide bonds. The highest BCUT2D eigenvalue weighted by Gasteiger charge is 2.37. The smallest absolute Gasteiger partial charge is 0.410 e. The molecule has 0 aliphatic rings. The van der Waals surface area contributed by atoms with Gasteiger partial charge in [0.1, 0.15) is 30.2 Å². The molecule has 238 valence electrons. The molecule has 4 N–H and O–H groups in total.